The molecule has 3 aromatic heterocycles. The number of hydrogen-bond donors (Lipinski definition) is 3. The zero-order valence-electron chi connectivity index (χ0n) is 20.7. The van der Waals surface area contributed by atoms with Crippen molar-refractivity contribution in [2.24, 2.45) is 5.92 Å². The molecule has 0 aromatic carbocycles. The predicted octanol–water partition coefficient (Wildman–Crippen LogP) is 3.49. The van der Waals surface area contributed by atoms with E-state index in [1.54, 1.807) is 12.3 Å². The summed E-state index contributed by atoms with van der Waals surface area (Å²) in [5, 5.41) is 19.4. The van der Waals surface area contributed by atoms with Gasteiger partial charge in [-0.25, -0.2) is 28.5 Å². The van der Waals surface area contributed by atoms with Gasteiger partial charge in [-0.3, -0.25) is 0 Å². The van der Waals surface area contributed by atoms with Crippen LogP contribution in [0.25, 0.3) is 5.65 Å². The number of carbonyl (C=O) groups is 2. The zero-order valence-corrected chi connectivity index (χ0v) is 20.7. The number of hydrogen-bond acceptors (Lipinski definition) is 8. The molecule has 36 heavy (non-hydrogen) atoms. The molecule has 4 heterocycles. The zero-order chi connectivity index (χ0) is 26.0. The fraction of sp³-hybridized carbons (Fsp3) is 0.458. The van der Waals surface area contributed by atoms with Gasteiger partial charge in [-0.15, -0.1) is 0 Å². The average Bonchev–Trinajstić information content (AvgIpc) is 3.43. The highest BCUT2D eigenvalue weighted by atomic mass is 19.1. The monoisotopic (exact) mass is 499 g/mol. The first-order chi connectivity index (χ1) is 17.0. The molecule has 12 heteroatoms. The minimum atomic E-state index is -1.12. The third kappa shape index (κ3) is 5.81. The molecular weight excluding hydrogens is 469 g/mol. The van der Waals surface area contributed by atoms with Crippen molar-refractivity contribution >= 4 is 29.3 Å². The number of amides is 1. The van der Waals surface area contributed by atoms with Crippen LogP contribution in [0.1, 0.15) is 56.1 Å². The van der Waals surface area contributed by atoms with Crippen LogP contribution in [0.2, 0.25) is 0 Å². The van der Waals surface area contributed by atoms with E-state index in [2.05, 4.69) is 30.6 Å². The minimum Gasteiger partial charge on any atom is -0.477 e. The summed E-state index contributed by atoms with van der Waals surface area (Å²) in [5.74, 6) is -0.316. The molecule has 0 bridgehead atoms. The Labute approximate surface area is 207 Å². The van der Waals surface area contributed by atoms with Gasteiger partial charge < -0.3 is 25.4 Å². The fourth-order valence-electron chi connectivity index (χ4n) is 4.16. The third-order valence-corrected chi connectivity index (χ3v) is 5.81. The van der Waals surface area contributed by atoms with Crippen LogP contribution in [0.3, 0.4) is 0 Å². The van der Waals surface area contributed by atoms with Crippen LogP contribution in [-0.2, 0) is 4.74 Å². The van der Waals surface area contributed by atoms with Gasteiger partial charge in [-0.05, 0) is 52.2 Å². The number of pyridine rings is 1. The molecule has 0 aliphatic carbocycles. The van der Waals surface area contributed by atoms with Gasteiger partial charge in [0.1, 0.15) is 28.6 Å². The van der Waals surface area contributed by atoms with Gasteiger partial charge in [0.15, 0.2) is 5.65 Å². The lowest BCUT2D eigenvalue weighted by Crippen LogP contribution is -2.36. The molecule has 1 fully saturated rings. The SMILES string of the molecule is CC(Nc1ccn2ncc(C(=O)O)c2n1)c1cc(F)cnc1N1CCC(CNC(=O)OC(C)(C)C)C1. The second kappa shape index (κ2) is 9.96. The van der Waals surface area contributed by atoms with E-state index in [0.717, 1.165) is 6.42 Å². The van der Waals surface area contributed by atoms with Crippen molar-refractivity contribution in [3.8, 4) is 0 Å². The Morgan fingerprint density at radius 2 is 2.11 bits per heavy atom. The minimum absolute atomic E-state index is 0.0116. The summed E-state index contributed by atoms with van der Waals surface area (Å²) in [4.78, 5) is 34.2. The number of carboxylic acid groups (broad SMARTS) is 1. The van der Waals surface area contributed by atoms with Crippen molar-refractivity contribution in [1.82, 2.24) is 24.9 Å². The Kier molecular flexibility index (Phi) is 6.95. The van der Waals surface area contributed by atoms with E-state index < -0.39 is 23.5 Å². The lowest BCUT2D eigenvalue weighted by molar-refractivity contribution is 0.0520. The highest BCUT2D eigenvalue weighted by molar-refractivity contribution is 5.94. The topological polar surface area (TPSA) is 134 Å². The second-order valence-corrected chi connectivity index (χ2v) is 9.86. The molecule has 3 aromatic rings. The molecule has 2 atom stereocenters. The number of carbonyl (C=O) groups excluding carboxylic acids is 1. The molecule has 11 nitrogen and oxygen atoms in total. The molecule has 1 aliphatic rings. The summed E-state index contributed by atoms with van der Waals surface area (Å²) < 4.78 is 20.9. The fourth-order valence-corrected chi connectivity index (χ4v) is 4.16. The lowest BCUT2D eigenvalue weighted by atomic mass is 10.1. The standard InChI is InChI=1S/C24H30FN7O4/c1-14(29-19-6-8-32-21(30-19)18(12-28-32)22(33)34)17-9-16(25)11-26-20(17)31-7-5-15(13-31)10-27-23(35)36-24(2,3)4/h6,8-9,11-12,14-15H,5,7,10,13H2,1-4H3,(H,27,35)(H,29,30)(H,33,34). The first-order valence-electron chi connectivity index (χ1n) is 11.7. The molecule has 0 saturated carbocycles. The van der Waals surface area contributed by atoms with Gasteiger partial charge in [0.2, 0.25) is 0 Å². The highest BCUT2D eigenvalue weighted by Crippen LogP contribution is 2.31. The number of nitrogens with one attached hydrogen (secondary N) is 2. The lowest BCUT2D eigenvalue weighted by Gasteiger charge is -2.25. The molecule has 4 rings (SSSR count). The number of rotatable bonds is 7. The smallest absolute Gasteiger partial charge is 0.407 e. The van der Waals surface area contributed by atoms with E-state index in [1.807, 2.05) is 27.7 Å². The molecule has 192 valence electrons. The summed E-state index contributed by atoms with van der Waals surface area (Å²) in [6.07, 6.45) is 4.43. The van der Waals surface area contributed by atoms with Crippen LogP contribution in [0.15, 0.2) is 30.7 Å². The molecule has 3 N–H and O–H groups in total. The number of aromatic nitrogens is 4. The van der Waals surface area contributed by atoms with Gasteiger partial charge in [-0.2, -0.15) is 5.10 Å². The van der Waals surface area contributed by atoms with Gasteiger partial charge in [0.25, 0.3) is 0 Å². The molecule has 1 saturated heterocycles. The Morgan fingerprint density at radius 3 is 2.83 bits per heavy atom. The predicted molar refractivity (Wildman–Crippen MR) is 131 cm³/mol. The number of halogens is 1. The first-order valence-corrected chi connectivity index (χ1v) is 11.7. The molecular formula is C24H30FN7O4. The molecule has 0 spiro atoms. The summed E-state index contributed by atoms with van der Waals surface area (Å²) in [7, 11) is 0. The van der Waals surface area contributed by atoms with E-state index >= 15 is 0 Å². The van der Waals surface area contributed by atoms with E-state index in [1.165, 1.54) is 23.0 Å². The van der Waals surface area contributed by atoms with E-state index in [9.17, 15) is 19.1 Å². The second-order valence-electron chi connectivity index (χ2n) is 9.86. The average molecular weight is 500 g/mol. The van der Waals surface area contributed by atoms with Crippen molar-refractivity contribution in [3.05, 3.63) is 47.7 Å². The Morgan fingerprint density at radius 1 is 1.33 bits per heavy atom. The highest BCUT2D eigenvalue weighted by Gasteiger charge is 2.28. The quantitative estimate of drug-likeness (QED) is 0.447. The van der Waals surface area contributed by atoms with E-state index in [0.29, 0.717) is 36.8 Å². The van der Waals surface area contributed by atoms with Crippen molar-refractivity contribution in [2.45, 2.75) is 45.8 Å². The number of carboxylic acids is 1. The number of aromatic carboxylic acids is 1. The number of nitrogens with zero attached hydrogens (tertiary/aromatic N) is 5. The van der Waals surface area contributed by atoms with Crippen LogP contribution in [0, 0.1) is 11.7 Å². The maximum Gasteiger partial charge on any atom is 0.407 e. The number of alkyl carbamates (subject to hydrolysis) is 1. The Hall–Kier alpha value is -3.96. The summed E-state index contributed by atoms with van der Waals surface area (Å²) >= 11 is 0. The van der Waals surface area contributed by atoms with E-state index in [4.69, 9.17) is 4.74 Å². The normalized spacial score (nSPS) is 16.7. The number of fused-ring (bicyclic) bond motifs is 1. The van der Waals surface area contributed by atoms with Crippen molar-refractivity contribution < 1.29 is 23.8 Å². The van der Waals surface area contributed by atoms with Crippen LogP contribution in [0.5, 0.6) is 0 Å². The summed E-state index contributed by atoms with van der Waals surface area (Å²) in [5.41, 5.74) is 0.276. The van der Waals surface area contributed by atoms with Crippen LogP contribution >= 0.6 is 0 Å². The molecule has 1 aliphatic heterocycles. The summed E-state index contributed by atoms with van der Waals surface area (Å²) in [6.45, 7) is 9.13. The van der Waals surface area contributed by atoms with Gasteiger partial charge in [-0.1, -0.05) is 0 Å². The van der Waals surface area contributed by atoms with Gasteiger partial charge in [0.05, 0.1) is 18.4 Å². The Balaban J connectivity index is 1.46. The van der Waals surface area contributed by atoms with Crippen LogP contribution in [0.4, 0.5) is 20.8 Å². The molecule has 2 unspecified atom stereocenters. The Bertz CT molecular complexity index is 1270. The van der Waals surface area contributed by atoms with E-state index in [-0.39, 0.29) is 23.2 Å². The van der Waals surface area contributed by atoms with Crippen molar-refractivity contribution in [2.75, 3.05) is 29.9 Å². The van der Waals surface area contributed by atoms with Gasteiger partial charge >= 0.3 is 12.1 Å². The van der Waals surface area contributed by atoms with Crippen molar-refractivity contribution in [3.63, 3.8) is 0 Å². The maximum atomic E-state index is 14.2. The largest absolute Gasteiger partial charge is 0.477 e. The third-order valence-electron chi connectivity index (χ3n) is 5.81. The maximum absolute atomic E-state index is 14.2. The number of anilines is 2. The first kappa shape index (κ1) is 25.1. The van der Waals surface area contributed by atoms with Gasteiger partial charge in [0, 0.05) is 31.4 Å². The molecule has 0 radical (unpaired) electrons. The van der Waals surface area contributed by atoms with Crippen molar-refractivity contribution in [1.29, 1.82) is 0 Å². The summed E-state index contributed by atoms with van der Waals surface area (Å²) in [6, 6.07) is 2.72. The van der Waals surface area contributed by atoms with Crippen LogP contribution in [-0.4, -0.2) is 62.0 Å². The molecule has 1 amide bonds. The number of ether oxygens (including phenoxy) is 1. The van der Waals surface area contributed by atoms with Crippen LogP contribution < -0.4 is 15.5 Å².